The van der Waals surface area contributed by atoms with Crippen LogP contribution in [0.1, 0.15) is 22.3 Å². The van der Waals surface area contributed by atoms with Gasteiger partial charge in [-0.05, 0) is 25.0 Å². The van der Waals surface area contributed by atoms with Gasteiger partial charge in [0.25, 0.3) is 0 Å². The maximum absolute atomic E-state index is 14.0. The molecular weight excluding hydrogens is 399 g/mol. The van der Waals surface area contributed by atoms with Crippen molar-refractivity contribution in [1.29, 1.82) is 0 Å². The van der Waals surface area contributed by atoms with Crippen LogP contribution in [-0.2, 0) is 27.5 Å². The smallest absolute Gasteiger partial charge is 0.182 e. The van der Waals surface area contributed by atoms with Crippen LogP contribution in [0.5, 0.6) is 0 Å². The number of carbonyl (C=O) groups is 1. The second-order valence-corrected chi connectivity index (χ2v) is 7.53. The van der Waals surface area contributed by atoms with Gasteiger partial charge < -0.3 is 14.3 Å². The molecule has 0 aliphatic carbocycles. The molecule has 0 amide bonds. The summed E-state index contributed by atoms with van der Waals surface area (Å²) >= 11 is 3.41. The summed E-state index contributed by atoms with van der Waals surface area (Å²) in [7, 11) is 0. The van der Waals surface area contributed by atoms with E-state index in [9.17, 15) is 9.18 Å². The number of carbonyl (C=O) groups excluding carboxylic acids is 1. The topological polar surface area (TPSA) is 35.5 Å². The number of ether oxygens (including phenoxy) is 2. The maximum atomic E-state index is 14.0. The average molecular weight is 423 g/mol. The Kier molecular flexibility index (Phi) is 8.42. The number of hydrogen-bond donors (Lipinski definition) is 0. The van der Waals surface area contributed by atoms with E-state index in [2.05, 4.69) is 15.9 Å². The molecule has 0 N–H and O–H groups in total. The summed E-state index contributed by atoms with van der Waals surface area (Å²) in [5.74, 6) is 0. The first kappa shape index (κ1) is 20.7. The highest BCUT2D eigenvalue weighted by Crippen LogP contribution is 2.19. The van der Waals surface area contributed by atoms with Crippen LogP contribution in [0.25, 0.3) is 0 Å². The molecule has 0 unspecified atom stereocenters. The van der Waals surface area contributed by atoms with E-state index in [1.54, 1.807) is 0 Å². The van der Waals surface area contributed by atoms with Crippen molar-refractivity contribution in [3.8, 4) is 0 Å². The fourth-order valence-electron chi connectivity index (χ4n) is 2.42. The van der Waals surface area contributed by atoms with Crippen LogP contribution < -0.4 is 0 Å². The Morgan fingerprint density at radius 2 is 1.46 bits per heavy atom. The Hall–Kier alpha value is -1.56. The monoisotopic (exact) mass is 422 g/mol. The molecule has 5 heteroatoms. The lowest BCUT2D eigenvalue weighted by atomic mass is 10.1. The fourth-order valence-corrected chi connectivity index (χ4v) is 3.05. The van der Waals surface area contributed by atoms with E-state index in [4.69, 9.17) is 9.47 Å². The van der Waals surface area contributed by atoms with Gasteiger partial charge in [-0.2, -0.15) is 0 Å². The maximum Gasteiger partial charge on any atom is 0.182 e. The Bertz CT molecular complexity index is 673. The molecule has 0 heterocycles. The van der Waals surface area contributed by atoms with E-state index in [1.165, 1.54) is 5.56 Å². The fraction of sp³-hybridized carbons (Fsp3) is 0.381. The van der Waals surface area contributed by atoms with Crippen molar-refractivity contribution in [2.75, 3.05) is 6.61 Å². The third-order valence-corrected chi connectivity index (χ3v) is 4.82. The molecule has 0 saturated heterocycles. The number of halogens is 2. The largest absolute Gasteiger partial charge is 0.376 e. The summed E-state index contributed by atoms with van der Waals surface area (Å²) in [5.41, 5.74) is 4.30. The van der Waals surface area contributed by atoms with Gasteiger partial charge in [-0.3, -0.25) is 0 Å². The van der Waals surface area contributed by atoms with Gasteiger partial charge in [-0.1, -0.05) is 75.6 Å². The molecule has 0 aliphatic rings. The van der Waals surface area contributed by atoms with Crippen molar-refractivity contribution in [2.45, 2.75) is 44.2 Å². The third kappa shape index (κ3) is 6.63. The van der Waals surface area contributed by atoms with Gasteiger partial charge in [0, 0.05) is 0 Å². The van der Waals surface area contributed by atoms with Crippen molar-refractivity contribution in [3.05, 3.63) is 70.8 Å². The van der Waals surface area contributed by atoms with E-state index >= 15 is 0 Å². The lowest BCUT2D eigenvalue weighted by molar-refractivity contribution is -0.118. The zero-order valence-electron chi connectivity index (χ0n) is 15.0. The number of alkyl halides is 2. The summed E-state index contributed by atoms with van der Waals surface area (Å²) < 4.78 is 25.4. The van der Waals surface area contributed by atoms with E-state index in [0.717, 1.165) is 16.7 Å². The first-order chi connectivity index (χ1) is 12.5. The van der Waals surface area contributed by atoms with Gasteiger partial charge in [-0.25, -0.2) is 4.39 Å². The zero-order valence-corrected chi connectivity index (χ0v) is 16.6. The molecule has 0 aliphatic heterocycles. The van der Waals surface area contributed by atoms with Crippen molar-refractivity contribution in [3.63, 3.8) is 0 Å². The Morgan fingerprint density at radius 1 is 0.962 bits per heavy atom. The Morgan fingerprint density at radius 3 is 1.96 bits per heavy atom. The number of aryl methyl sites for hydroxylation is 2. The first-order valence-electron chi connectivity index (χ1n) is 8.53. The lowest BCUT2D eigenvalue weighted by Crippen LogP contribution is -2.37. The molecule has 0 radical (unpaired) electrons. The summed E-state index contributed by atoms with van der Waals surface area (Å²) in [5, 5.41) is 0. The molecule has 2 aromatic carbocycles. The minimum absolute atomic E-state index is 0.235. The quantitative estimate of drug-likeness (QED) is 0.410. The van der Waals surface area contributed by atoms with Gasteiger partial charge in [-0.15, -0.1) is 0 Å². The van der Waals surface area contributed by atoms with Crippen molar-refractivity contribution < 1.29 is 18.7 Å². The van der Waals surface area contributed by atoms with Gasteiger partial charge in [0.1, 0.15) is 6.10 Å². The van der Waals surface area contributed by atoms with E-state index < -0.39 is 17.1 Å². The molecule has 0 saturated carbocycles. The van der Waals surface area contributed by atoms with Gasteiger partial charge >= 0.3 is 0 Å². The number of benzene rings is 2. The van der Waals surface area contributed by atoms with Crippen molar-refractivity contribution >= 4 is 22.2 Å². The molecule has 0 fully saturated rings. The Labute approximate surface area is 162 Å². The summed E-state index contributed by atoms with van der Waals surface area (Å²) in [4.78, 5) is 10.5. The van der Waals surface area contributed by atoms with Crippen LogP contribution in [0.3, 0.4) is 0 Å². The Balaban J connectivity index is 1.86. The van der Waals surface area contributed by atoms with Crippen LogP contribution >= 0.6 is 15.9 Å². The predicted molar refractivity (Wildman–Crippen MR) is 104 cm³/mol. The SMILES string of the molecule is Cc1ccc(COC[C@H](Br)[C@@H](OCc2ccc(C)cc2)[C@H](F)C=O)cc1. The zero-order chi connectivity index (χ0) is 18.9. The lowest BCUT2D eigenvalue weighted by Gasteiger charge is -2.24. The summed E-state index contributed by atoms with van der Waals surface area (Å²) in [6.45, 7) is 4.92. The number of rotatable bonds is 10. The van der Waals surface area contributed by atoms with Crippen LogP contribution in [0.4, 0.5) is 4.39 Å². The molecule has 2 rings (SSSR count). The normalized spacial score (nSPS) is 14.6. The van der Waals surface area contributed by atoms with E-state index in [0.29, 0.717) is 6.61 Å². The average Bonchev–Trinajstić information content (AvgIpc) is 2.64. The van der Waals surface area contributed by atoms with Crippen LogP contribution in [0.15, 0.2) is 48.5 Å². The molecule has 0 aromatic heterocycles. The molecule has 26 heavy (non-hydrogen) atoms. The van der Waals surface area contributed by atoms with E-state index in [-0.39, 0.29) is 19.5 Å². The first-order valence-corrected chi connectivity index (χ1v) is 9.45. The molecule has 0 bridgehead atoms. The van der Waals surface area contributed by atoms with Gasteiger partial charge in [0.15, 0.2) is 12.5 Å². The molecule has 2 aromatic rings. The third-order valence-electron chi connectivity index (χ3n) is 4.03. The summed E-state index contributed by atoms with van der Waals surface area (Å²) in [6, 6.07) is 15.8. The number of aldehydes is 1. The minimum atomic E-state index is -1.72. The second kappa shape index (κ2) is 10.6. The highest BCUT2D eigenvalue weighted by Gasteiger charge is 2.29. The highest BCUT2D eigenvalue weighted by molar-refractivity contribution is 9.09. The van der Waals surface area contributed by atoms with Gasteiger partial charge in [0.2, 0.25) is 0 Å². The molecule has 3 nitrogen and oxygen atoms in total. The highest BCUT2D eigenvalue weighted by atomic mass is 79.9. The van der Waals surface area contributed by atoms with Crippen LogP contribution in [0.2, 0.25) is 0 Å². The van der Waals surface area contributed by atoms with Crippen molar-refractivity contribution in [1.82, 2.24) is 0 Å². The van der Waals surface area contributed by atoms with Crippen molar-refractivity contribution in [2.24, 2.45) is 0 Å². The second-order valence-electron chi connectivity index (χ2n) is 6.36. The molecule has 140 valence electrons. The summed E-state index contributed by atoms with van der Waals surface area (Å²) in [6.07, 6.45) is -2.35. The predicted octanol–water partition coefficient (Wildman–Crippen LogP) is 4.71. The number of hydrogen-bond acceptors (Lipinski definition) is 3. The van der Waals surface area contributed by atoms with E-state index in [1.807, 2.05) is 62.4 Å². The molecule has 0 spiro atoms. The van der Waals surface area contributed by atoms with Crippen LogP contribution in [-0.4, -0.2) is 30.0 Å². The molecular formula is C21H24BrFO3. The van der Waals surface area contributed by atoms with Gasteiger partial charge in [0.05, 0.1) is 24.6 Å². The molecule has 3 atom stereocenters. The minimum Gasteiger partial charge on any atom is -0.376 e. The van der Waals surface area contributed by atoms with Crippen LogP contribution in [0, 0.1) is 13.8 Å². The standard InChI is InChI=1S/C21H24BrFO3/c1-15-3-7-17(8-4-15)12-25-14-19(22)21(20(23)11-24)26-13-18-9-5-16(2)6-10-18/h3-11,19-21H,12-14H2,1-2H3/t19-,20+,21+/m0/s1.